The van der Waals surface area contributed by atoms with Gasteiger partial charge >= 0.3 is 0 Å². The molecule has 1 fully saturated rings. The Bertz CT molecular complexity index is 556. The molecule has 10 atom stereocenters. The van der Waals surface area contributed by atoms with Crippen LogP contribution < -0.4 is 0 Å². The van der Waals surface area contributed by atoms with E-state index in [4.69, 9.17) is 50.5 Å². The summed E-state index contributed by atoms with van der Waals surface area (Å²) in [5.74, 6) is 3.66. The first-order valence-electron chi connectivity index (χ1n) is 12.5. The zero-order valence-corrected chi connectivity index (χ0v) is 37.5. The molecule has 0 amide bonds. The molecule has 1 aliphatic rings. The van der Waals surface area contributed by atoms with Gasteiger partial charge in [0.25, 0.3) is 0 Å². The SMILES string of the molecule is SCSC(CC(SCS)C(S)CSC1CC(SCC(S)C(CC(SCS)C(S)CS)SCS)SCS1)C(S)CS. The third-order valence-electron chi connectivity index (χ3n) is 5.97. The second-order valence-corrected chi connectivity index (χ2v) is 25.7. The molecule has 18 heteroatoms. The Balaban J connectivity index is 2.61. The summed E-state index contributed by atoms with van der Waals surface area (Å²) in [6.07, 6.45) is 3.35. The lowest BCUT2D eigenvalue weighted by atomic mass is 10.1. The van der Waals surface area contributed by atoms with Gasteiger partial charge in [0.1, 0.15) is 0 Å². The summed E-state index contributed by atoms with van der Waals surface area (Å²) < 4.78 is 1.23. The third-order valence-corrected chi connectivity index (χ3v) is 23.1. The molecular formula is C22H44S18. The predicted octanol–water partition coefficient (Wildman–Crippen LogP) is 9.72. The Morgan fingerprint density at radius 2 is 0.850 bits per heavy atom. The van der Waals surface area contributed by atoms with Crippen molar-refractivity contribution in [2.45, 2.75) is 70.4 Å². The molecule has 0 aliphatic carbocycles. The van der Waals surface area contributed by atoms with Crippen molar-refractivity contribution in [1.82, 2.24) is 0 Å². The lowest BCUT2D eigenvalue weighted by molar-refractivity contribution is 0.713. The quantitative estimate of drug-likeness (QED) is 0.0340. The van der Waals surface area contributed by atoms with Crippen molar-refractivity contribution in [3.8, 4) is 0 Å². The number of rotatable bonds is 24. The summed E-state index contributed by atoms with van der Waals surface area (Å²) in [7, 11) is 0. The van der Waals surface area contributed by atoms with Crippen molar-refractivity contribution in [1.29, 1.82) is 0 Å². The van der Waals surface area contributed by atoms with E-state index in [1.807, 2.05) is 47.0 Å². The average Bonchev–Trinajstić information content (AvgIpc) is 2.96. The minimum atomic E-state index is 0.261. The zero-order valence-electron chi connectivity index (χ0n) is 22.0. The number of thioether (sulfide) groups is 8. The summed E-state index contributed by atoms with van der Waals surface area (Å²) in [4.78, 5) is 0. The van der Waals surface area contributed by atoms with Gasteiger partial charge < -0.3 is 0 Å². The molecule has 0 radical (unpaired) electrons. The highest BCUT2D eigenvalue weighted by Crippen LogP contribution is 2.46. The lowest BCUT2D eigenvalue weighted by Gasteiger charge is -2.32. The fourth-order valence-electron chi connectivity index (χ4n) is 3.76. The van der Waals surface area contributed by atoms with E-state index in [1.54, 1.807) is 0 Å². The first kappa shape index (κ1) is 44.3. The first-order chi connectivity index (χ1) is 19.2. The Kier molecular flexibility index (Phi) is 31.1. The van der Waals surface area contributed by atoms with Gasteiger partial charge in [-0.2, -0.15) is 126 Å². The van der Waals surface area contributed by atoms with Gasteiger partial charge in [0.05, 0.1) is 9.16 Å². The van der Waals surface area contributed by atoms with Crippen molar-refractivity contribution < 1.29 is 0 Å². The van der Waals surface area contributed by atoms with Crippen LogP contribution in [0.3, 0.4) is 0 Å². The first-order valence-corrected chi connectivity index (χ1v) is 26.8. The number of hydrogen-bond donors (Lipinski definition) is 10. The molecule has 1 heterocycles. The number of hydrogen-bond acceptors (Lipinski definition) is 18. The minimum absolute atomic E-state index is 0.261. The van der Waals surface area contributed by atoms with E-state index in [-0.39, 0.29) is 10.5 Å². The molecule has 10 unspecified atom stereocenters. The van der Waals surface area contributed by atoms with Crippen LogP contribution in [0.5, 0.6) is 0 Å². The zero-order chi connectivity index (χ0) is 29.9. The van der Waals surface area contributed by atoms with Crippen LogP contribution in [0.2, 0.25) is 0 Å². The van der Waals surface area contributed by atoms with Crippen LogP contribution in [0, 0.1) is 0 Å². The van der Waals surface area contributed by atoms with Gasteiger partial charge in [-0.25, -0.2) is 0 Å². The molecule has 1 aliphatic heterocycles. The lowest BCUT2D eigenvalue weighted by Crippen LogP contribution is -2.31. The highest BCUT2D eigenvalue weighted by molar-refractivity contribution is 8.28. The van der Waals surface area contributed by atoms with Crippen LogP contribution in [0.25, 0.3) is 0 Å². The second kappa shape index (κ2) is 28.0. The molecule has 0 aromatic rings. The predicted molar refractivity (Wildman–Crippen MR) is 246 cm³/mol. The normalized spacial score (nSPS) is 24.1. The van der Waals surface area contributed by atoms with E-state index in [0.29, 0.717) is 40.7 Å². The molecular weight excluding hydrogens is 841 g/mol. The van der Waals surface area contributed by atoms with Gasteiger partial charge in [0.2, 0.25) is 0 Å². The van der Waals surface area contributed by atoms with Crippen LogP contribution in [0.4, 0.5) is 0 Å². The third kappa shape index (κ3) is 18.9. The van der Waals surface area contributed by atoms with Crippen molar-refractivity contribution in [3.05, 3.63) is 0 Å². The highest BCUT2D eigenvalue weighted by Gasteiger charge is 2.31. The van der Waals surface area contributed by atoms with E-state index in [0.717, 1.165) is 61.3 Å². The molecule has 0 nitrogen and oxygen atoms in total. The standard InChI is InChI=1S/C22H44S18/c23-4-13(29)17(35-8-25)1-19(37-10-27)15(31)6-33-21-3-22(40-12-39-21)34-7-16(32)20(38-11-28)2-18(36-9-26)14(30)5-24/h13-32H,1-12H2. The van der Waals surface area contributed by atoms with Crippen molar-refractivity contribution in [2.24, 2.45) is 0 Å². The van der Waals surface area contributed by atoms with Crippen molar-refractivity contribution >= 4 is 220 Å². The van der Waals surface area contributed by atoms with Crippen LogP contribution in [-0.2, 0) is 0 Å². The molecule has 0 N–H and O–H groups in total. The van der Waals surface area contributed by atoms with Crippen LogP contribution in [0.15, 0.2) is 0 Å². The Morgan fingerprint density at radius 1 is 0.525 bits per heavy atom. The molecule has 1 saturated heterocycles. The summed E-state index contributed by atoms with van der Waals surface area (Å²) in [5, 5.41) is 7.30. The van der Waals surface area contributed by atoms with Crippen LogP contribution in [-0.4, -0.2) is 99.6 Å². The molecule has 0 saturated carbocycles. The minimum Gasteiger partial charge on any atom is -0.178 e. The summed E-state index contributed by atoms with van der Waals surface area (Å²) in [6, 6.07) is 0. The molecule has 0 aromatic carbocycles. The largest absolute Gasteiger partial charge is 0.178 e. The molecule has 0 aromatic heterocycles. The van der Waals surface area contributed by atoms with Gasteiger partial charge in [-0.15, -0.1) is 94.1 Å². The van der Waals surface area contributed by atoms with E-state index in [9.17, 15) is 0 Å². The van der Waals surface area contributed by atoms with Gasteiger partial charge in [0.15, 0.2) is 0 Å². The Hall–Kier alpha value is 6.30. The molecule has 40 heavy (non-hydrogen) atoms. The highest BCUT2D eigenvalue weighted by atomic mass is 32.3. The van der Waals surface area contributed by atoms with E-state index >= 15 is 0 Å². The molecule has 0 spiro atoms. The summed E-state index contributed by atoms with van der Waals surface area (Å²) >= 11 is 62.7. The Labute approximate surface area is 334 Å². The van der Waals surface area contributed by atoms with Gasteiger partial charge in [-0.3, -0.25) is 0 Å². The van der Waals surface area contributed by atoms with Gasteiger partial charge in [-0.05, 0) is 19.3 Å². The monoisotopic (exact) mass is 884 g/mol. The van der Waals surface area contributed by atoms with E-state index < -0.39 is 0 Å². The molecule has 0 bridgehead atoms. The number of thiol groups is 10. The Morgan fingerprint density at radius 3 is 1.15 bits per heavy atom. The smallest absolute Gasteiger partial charge is 0.0529 e. The average molecular weight is 886 g/mol. The van der Waals surface area contributed by atoms with Gasteiger partial charge in [-0.1, -0.05) is 0 Å². The molecule has 1 rings (SSSR count). The fraction of sp³-hybridized carbons (Fsp3) is 1.00. The summed E-state index contributed by atoms with van der Waals surface area (Å²) in [5.41, 5.74) is 0. The van der Waals surface area contributed by atoms with E-state index in [2.05, 4.69) is 123 Å². The summed E-state index contributed by atoms with van der Waals surface area (Å²) in [6.45, 7) is 0. The fourth-order valence-corrected chi connectivity index (χ4v) is 19.7. The maximum Gasteiger partial charge on any atom is 0.0529 e. The topological polar surface area (TPSA) is 0 Å². The van der Waals surface area contributed by atoms with Crippen LogP contribution >= 0.6 is 220 Å². The van der Waals surface area contributed by atoms with E-state index in [1.165, 1.54) is 6.42 Å². The molecule has 240 valence electrons. The van der Waals surface area contributed by atoms with Crippen molar-refractivity contribution in [3.63, 3.8) is 0 Å². The second-order valence-electron chi connectivity index (χ2n) is 8.66. The van der Waals surface area contributed by atoms with Crippen LogP contribution in [0.1, 0.15) is 19.3 Å². The van der Waals surface area contributed by atoms with Gasteiger partial charge in [0, 0.05) is 90.4 Å². The van der Waals surface area contributed by atoms with Crippen molar-refractivity contribution in [2.75, 3.05) is 48.4 Å². The maximum atomic E-state index is 5.09. The maximum absolute atomic E-state index is 5.09.